The predicted molar refractivity (Wildman–Crippen MR) is 108 cm³/mol. The van der Waals surface area contributed by atoms with Gasteiger partial charge in [0.15, 0.2) is 0 Å². The highest BCUT2D eigenvalue weighted by Gasteiger charge is 2.16. The van der Waals surface area contributed by atoms with E-state index < -0.39 is 0 Å². The van der Waals surface area contributed by atoms with Gasteiger partial charge in [0.1, 0.15) is 0 Å². The zero-order valence-electron chi connectivity index (χ0n) is 15.4. The third kappa shape index (κ3) is 4.91. The van der Waals surface area contributed by atoms with Crippen molar-refractivity contribution in [3.05, 3.63) is 72.4 Å². The fourth-order valence-corrected chi connectivity index (χ4v) is 3.05. The Morgan fingerprint density at radius 3 is 2.56 bits per heavy atom. The molecule has 0 atom stereocenters. The summed E-state index contributed by atoms with van der Waals surface area (Å²) >= 11 is 0. The molecule has 0 fully saturated rings. The lowest BCUT2D eigenvalue weighted by Crippen LogP contribution is -2.34. The van der Waals surface area contributed by atoms with E-state index in [1.807, 2.05) is 60.7 Å². The van der Waals surface area contributed by atoms with Gasteiger partial charge in [-0.2, -0.15) is 0 Å². The van der Waals surface area contributed by atoms with Crippen molar-refractivity contribution in [1.29, 1.82) is 0 Å². The molecule has 2 amide bonds. The van der Waals surface area contributed by atoms with E-state index in [4.69, 9.17) is 0 Å². The first-order valence-electron chi connectivity index (χ1n) is 9.07. The number of fused-ring (bicyclic) bond motifs is 1. The van der Waals surface area contributed by atoms with E-state index in [2.05, 4.69) is 10.3 Å². The molecule has 1 heterocycles. The normalized spacial score (nSPS) is 10.6. The Morgan fingerprint density at radius 1 is 1.00 bits per heavy atom. The number of pyridine rings is 1. The predicted octanol–water partition coefficient (Wildman–Crippen LogP) is 3.34. The van der Waals surface area contributed by atoms with Crippen molar-refractivity contribution in [3.8, 4) is 0 Å². The quantitative estimate of drug-likeness (QED) is 0.702. The second-order valence-electron chi connectivity index (χ2n) is 6.36. The average Bonchev–Trinajstić information content (AvgIpc) is 2.69. The van der Waals surface area contributed by atoms with Crippen LogP contribution in [0.25, 0.3) is 10.9 Å². The van der Waals surface area contributed by atoms with Crippen LogP contribution in [-0.2, 0) is 16.0 Å². The SMILES string of the molecule is CC(=O)N(CCC(=O)NCCc1ccccc1)c1cccc2cccnc12. The van der Waals surface area contributed by atoms with Crippen molar-refractivity contribution in [2.75, 3.05) is 18.0 Å². The molecule has 2 aromatic carbocycles. The lowest BCUT2D eigenvalue weighted by atomic mass is 10.1. The van der Waals surface area contributed by atoms with Gasteiger partial charge in [-0.25, -0.2) is 0 Å². The van der Waals surface area contributed by atoms with E-state index >= 15 is 0 Å². The van der Waals surface area contributed by atoms with Crippen LogP contribution in [0.3, 0.4) is 0 Å². The van der Waals surface area contributed by atoms with Crippen LogP contribution in [0, 0.1) is 0 Å². The summed E-state index contributed by atoms with van der Waals surface area (Å²) < 4.78 is 0. The number of amides is 2. The standard InChI is InChI=1S/C22H23N3O2/c1-17(26)25(20-11-5-9-19-10-6-14-24-22(19)20)16-13-21(27)23-15-12-18-7-3-2-4-8-18/h2-11,14H,12-13,15-16H2,1H3,(H,23,27). The largest absolute Gasteiger partial charge is 0.356 e. The van der Waals surface area contributed by atoms with Crippen molar-refractivity contribution < 1.29 is 9.59 Å². The molecule has 0 spiro atoms. The molecule has 1 N–H and O–H groups in total. The van der Waals surface area contributed by atoms with Crippen LogP contribution in [0.4, 0.5) is 5.69 Å². The highest BCUT2D eigenvalue weighted by molar-refractivity contribution is 6.01. The fraction of sp³-hybridized carbons (Fsp3) is 0.227. The van der Waals surface area contributed by atoms with Crippen LogP contribution in [0.5, 0.6) is 0 Å². The monoisotopic (exact) mass is 361 g/mol. The molecule has 138 valence electrons. The zero-order valence-corrected chi connectivity index (χ0v) is 15.4. The van der Waals surface area contributed by atoms with Gasteiger partial charge in [-0.15, -0.1) is 0 Å². The van der Waals surface area contributed by atoms with Gasteiger partial charge in [0, 0.05) is 38.0 Å². The summed E-state index contributed by atoms with van der Waals surface area (Å²) in [7, 11) is 0. The van der Waals surface area contributed by atoms with Crippen molar-refractivity contribution in [3.63, 3.8) is 0 Å². The van der Waals surface area contributed by atoms with E-state index in [1.165, 1.54) is 12.5 Å². The number of anilines is 1. The summed E-state index contributed by atoms with van der Waals surface area (Å²) in [5.74, 6) is -0.171. The molecule has 0 bridgehead atoms. The second-order valence-corrected chi connectivity index (χ2v) is 6.36. The molecule has 5 nitrogen and oxygen atoms in total. The molecule has 1 aromatic heterocycles. The summed E-state index contributed by atoms with van der Waals surface area (Å²) in [4.78, 5) is 30.4. The number of para-hydroxylation sites is 1. The molecule has 0 aliphatic rings. The number of hydrogen-bond donors (Lipinski definition) is 1. The Labute approximate surface area is 159 Å². The molecule has 0 radical (unpaired) electrons. The van der Waals surface area contributed by atoms with Gasteiger partial charge < -0.3 is 10.2 Å². The minimum Gasteiger partial charge on any atom is -0.356 e. The Bertz CT molecular complexity index is 920. The number of aromatic nitrogens is 1. The number of hydrogen-bond acceptors (Lipinski definition) is 3. The summed E-state index contributed by atoms with van der Waals surface area (Å²) in [6, 6.07) is 19.6. The molecule has 0 aliphatic carbocycles. The minimum absolute atomic E-state index is 0.0645. The van der Waals surface area contributed by atoms with Gasteiger partial charge >= 0.3 is 0 Å². The number of nitrogens with one attached hydrogen (secondary N) is 1. The Balaban J connectivity index is 1.60. The molecule has 0 unspecified atom stereocenters. The maximum absolute atomic E-state index is 12.2. The zero-order chi connectivity index (χ0) is 19.1. The van der Waals surface area contributed by atoms with Crippen LogP contribution < -0.4 is 10.2 Å². The molecule has 0 aliphatic heterocycles. The molecule has 5 heteroatoms. The number of carbonyl (C=O) groups is 2. The van der Waals surface area contributed by atoms with Crippen molar-refractivity contribution in [2.45, 2.75) is 19.8 Å². The van der Waals surface area contributed by atoms with Crippen LogP contribution in [0.1, 0.15) is 18.9 Å². The van der Waals surface area contributed by atoms with E-state index in [-0.39, 0.29) is 18.2 Å². The van der Waals surface area contributed by atoms with E-state index in [1.54, 1.807) is 11.1 Å². The first-order valence-corrected chi connectivity index (χ1v) is 9.07. The summed E-state index contributed by atoms with van der Waals surface area (Å²) in [6.07, 6.45) is 2.74. The average molecular weight is 361 g/mol. The van der Waals surface area contributed by atoms with Gasteiger partial charge in [-0.3, -0.25) is 14.6 Å². The third-order valence-electron chi connectivity index (χ3n) is 4.42. The van der Waals surface area contributed by atoms with Crippen LogP contribution in [-0.4, -0.2) is 29.9 Å². The topological polar surface area (TPSA) is 62.3 Å². The van der Waals surface area contributed by atoms with Gasteiger partial charge in [0.25, 0.3) is 0 Å². The number of nitrogens with zero attached hydrogens (tertiary/aromatic N) is 2. The summed E-state index contributed by atoms with van der Waals surface area (Å²) in [5, 5.41) is 3.89. The lowest BCUT2D eigenvalue weighted by Gasteiger charge is -2.22. The smallest absolute Gasteiger partial charge is 0.223 e. The maximum atomic E-state index is 12.2. The summed E-state index contributed by atoms with van der Waals surface area (Å²) in [6.45, 7) is 2.41. The van der Waals surface area contributed by atoms with Crippen molar-refractivity contribution >= 4 is 28.4 Å². The van der Waals surface area contributed by atoms with E-state index in [0.717, 1.165) is 23.0 Å². The van der Waals surface area contributed by atoms with Gasteiger partial charge in [0.2, 0.25) is 11.8 Å². The van der Waals surface area contributed by atoms with E-state index in [0.29, 0.717) is 13.1 Å². The number of rotatable bonds is 7. The molecule has 3 rings (SSSR count). The molecular weight excluding hydrogens is 338 g/mol. The molecule has 0 saturated carbocycles. The van der Waals surface area contributed by atoms with Crippen molar-refractivity contribution in [1.82, 2.24) is 10.3 Å². The molecule has 3 aromatic rings. The van der Waals surface area contributed by atoms with Crippen LogP contribution >= 0.6 is 0 Å². The highest BCUT2D eigenvalue weighted by atomic mass is 16.2. The lowest BCUT2D eigenvalue weighted by molar-refractivity contribution is -0.121. The second kappa shape index (κ2) is 8.94. The Hall–Kier alpha value is -3.21. The van der Waals surface area contributed by atoms with Gasteiger partial charge in [0.05, 0.1) is 11.2 Å². The Kier molecular flexibility index (Phi) is 6.15. The number of carbonyl (C=O) groups excluding carboxylic acids is 2. The minimum atomic E-state index is -0.106. The Morgan fingerprint density at radius 2 is 1.78 bits per heavy atom. The van der Waals surface area contributed by atoms with E-state index in [9.17, 15) is 9.59 Å². The van der Waals surface area contributed by atoms with Gasteiger partial charge in [-0.05, 0) is 24.1 Å². The maximum Gasteiger partial charge on any atom is 0.223 e. The molecule has 27 heavy (non-hydrogen) atoms. The first-order chi connectivity index (χ1) is 13.1. The first kappa shape index (κ1) is 18.6. The summed E-state index contributed by atoms with van der Waals surface area (Å²) in [5.41, 5.74) is 2.68. The third-order valence-corrected chi connectivity index (χ3v) is 4.42. The van der Waals surface area contributed by atoms with Crippen LogP contribution in [0.2, 0.25) is 0 Å². The van der Waals surface area contributed by atoms with Crippen molar-refractivity contribution in [2.24, 2.45) is 0 Å². The molecule has 0 saturated heterocycles. The molecular formula is C22H23N3O2. The van der Waals surface area contributed by atoms with Crippen LogP contribution in [0.15, 0.2) is 66.9 Å². The fourth-order valence-electron chi connectivity index (χ4n) is 3.05. The highest BCUT2D eigenvalue weighted by Crippen LogP contribution is 2.25. The number of benzene rings is 2. The van der Waals surface area contributed by atoms with Gasteiger partial charge in [-0.1, -0.05) is 48.5 Å².